The standard InChI is InChI=1S/C15H20N4S/c1-10(2)12-4-6-13(7-5-12)20-9-15-17-11(3)8-14(18-15)19-16/h4-8,10H,9,16H2,1-3H3,(H,17,18,19). The Balaban J connectivity index is 2.03. The fourth-order valence-electron chi connectivity index (χ4n) is 1.87. The summed E-state index contributed by atoms with van der Waals surface area (Å²) in [5.74, 6) is 8.13. The Morgan fingerprint density at radius 2 is 1.90 bits per heavy atom. The minimum atomic E-state index is 0.562. The van der Waals surface area contributed by atoms with Crippen molar-refractivity contribution in [3.8, 4) is 0 Å². The summed E-state index contributed by atoms with van der Waals surface area (Å²) >= 11 is 1.73. The first-order valence-electron chi connectivity index (χ1n) is 6.62. The maximum absolute atomic E-state index is 5.39. The van der Waals surface area contributed by atoms with Gasteiger partial charge in [0.15, 0.2) is 0 Å². The summed E-state index contributed by atoms with van der Waals surface area (Å²) in [6, 6.07) is 10.5. The van der Waals surface area contributed by atoms with Crippen LogP contribution in [0.1, 0.15) is 36.8 Å². The smallest absolute Gasteiger partial charge is 0.143 e. The number of thioether (sulfide) groups is 1. The Morgan fingerprint density at radius 1 is 1.20 bits per heavy atom. The Kier molecular flexibility index (Phi) is 4.98. The van der Waals surface area contributed by atoms with Crippen LogP contribution in [0.3, 0.4) is 0 Å². The van der Waals surface area contributed by atoms with Crippen molar-refractivity contribution in [1.29, 1.82) is 0 Å². The summed E-state index contributed by atoms with van der Waals surface area (Å²) in [7, 11) is 0. The first-order valence-corrected chi connectivity index (χ1v) is 7.61. The summed E-state index contributed by atoms with van der Waals surface area (Å²) in [6.07, 6.45) is 0. The summed E-state index contributed by atoms with van der Waals surface area (Å²) < 4.78 is 0. The number of aromatic nitrogens is 2. The molecule has 5 heteroatoms. The number of aryl methyl sites for hydroxylation is 1. The molecule has 0 radical (unpaired) electrons. The number of hydrogen-bond acceptors (Lipinski definition) is 5. The largest absolute Gasteiger partial charge is 0.308 e. The molecule has 0 saturated heterocycles. The third-order valence-corrected chi connectivity index (χ3v) is 3.97. The molecule has 0 bridgehead atoms. The number of hydrazine groups is 1. The van der Waals surface area contributed by atoms with Gasteiger partial charge < -0.3 is 5.43 Å². The van der Waals surface area contributed by atoms with E-state index in [1.807, 2.05) is 13.0 Å². The minimum Gasteiger partial charge on any atom is -0.308 e. The fourth-order valence-corrected chi connectivity index (χ4v) is 2.62. The van der Waals surface area contributed by atoms with Gasteiger partial charge in [0.25, 0.3) is 0 Å². The monoisotopic (exact) mass is 288 g/mol. The molecule has 0 aliphatic rings. The molecule has 106 valence electrons. The molecule has 0 aliphatic heterocycles. The predicted molar refractivity (Wildman–Crippen MR) is 84.7 cm³/mol. The van der Waals surface area contributed by atoms with E-state index in [-0.39, 0.29) is 0 Å². The van der Waals surface area contributed by atoms with Gasteiger partial charge >= 0.3 is 0 Å². The molecule has 0 spiro atoms. The van der Waals surface area contributed by atoms with Crippen LogP contribution in [0.5, 0.6) is 0 Å². The molecular weight excluding hydrogens is 268 g/mol. The first kappa shape index (κ1) is 14.8. The number of hydrogen-bond donors (Lipinski definition) is 2. The molecule has 0 unspecified atom stereocenters. The van der Waals surface area contributed by atoms with Crippen molar-refractivity contribution in [1.82, 2.24) is 9.97 Å². The van der Waals surface area contributed by atoms with E-state index in [0.29, 0.717) is 11.7 Å². The fraction of sp³-hybridized carbons (Fsp3) is 0.333. The summed E-state index contributed by atoms with van der Waals surface area (Å²) in [5.41, 5.74) is 4.84. The van der Waals surface area contributed by atoms with Crippen molar-refractivity contribution in [3.05, 3.63) is 47.4 Å². The normalized spacial score (nSPS) is 10.8. The molecule has 1 aromatic heterocycles. The number of rotatable bonds is 5. The second kappa shape index (κ2) is 6.72. The number of nitrogens with zero attached hydrogens (tertiary/aromatic N) is 2. The number of anilines is 1. The van der Waals surface area contributed by atoms with Gasteiger partial charge in [-0.2, -0.15) is 0 Å². The van der Waals surface area contributed by atoms with E-state index >= 15 is 0 Å². The van der Waals surface area contributed by atoms with Crippen molar-refractivity contribution in [2.24, 2.45) is 5.84 Å². The van der Waals surface area contributed by atoms with E-state index in [1.54, 1.807) is 11.8 Å². The molecule has 1 aromatic carbocycles. The Morgan fingerprint density at radius 3 is 2.50 bits per heavy atom. The van der Waals surface area contributed by atoms with Crippen LogP contribution in [0, 0.1) is 6.92 Å². The molecule has 3 N–H and O–H groups in total. The van der Waals surface area contributed by atoms with Crippen LogP contribution in [0.15, 0.2) is 35.2 Å². The summed E-state index contributed by atoms with van der Waals surface area (Å²) in [5, 5.41) is 0. The zero-order chi connectivity index (χ0) is 14.5. The summed E-state index contributed by atoms with van der Waals surface area (Å²) in [4.78, 5) is 9.98. The molecule has 4 nitrogen and oxygen atoms in total. The van der Waals surface area contributed by atoms with Gasteiger partial charge in [-0.25, -0.2) is 15.8 Å². The molecule has 0 atom stereocenters. The third-order valence-electron chi connectivity index (χ3n) is 2.96. The van der Waals surface area contributed by atoms with Gasteiger partial charge in [0, 0.05) is 16.7 Å². The number of benzene rings is 1. The number of nitrogen functional groups attached to an aromatic ring is 1. The van der Waals surface area contributed by atoms with Gasteiger partial charge in [-0.05, 0) is 30.5 Å². The van der Waals surface area contributed by atoms with Gasteiger partial charge in [0.2, 0.25) is 0 Å². The molecule has 1 heterocycles. The van der Waals surface area contributed by atoms with Gasteiger partial charge in [0.1, 0.15) is 11.6 Å². The molecule has 0 amide bonds. The van der Waals surface area contributed by atoms with Crippen LogP contribution in [-0.2, 0) is 5.75 Å². The van der Waals surface area contributed by atoms with E-state index < -0.39 is 0 Å². The van der Waals surface area contributed by atoms with Crippen molar-refractivity contribution < 1.29 is 0 Å². The van der Waals surface area contributed by atoms with Gasteiger partial charge in [-0.3, -0.25) is 0 Å². The van der Waals surface area contributed by atoms with Gasteiger partial charge in [-0.1, -0.05) is 26.0 Å². The van der Waals surface area contributed by atoms with E-state index in [0.717, 1.165) is 17.3 Å². The highest BCUT2D eigenvalue weighted by Crippen LogP contribution is 2.24. The maximum atomic E-state index is 5.39. The van der Waals surface area contributed by atoms with Gasteiger partial charge in [-0.15, -0.1) is 11.8 Å². The van der Waals surface area contributed by atoms with E-state index in [1.165, 1.54) is 10.5 Å². The van der Waals surface area contributed by atoms with Crippen LogP contribution in [0.25, 0.3) is 0 Å². The SMILES string of the molecule is Cc1cc(NN)nc(CSc2ccc(C(C)C)cc2)n1. The lowest BCUT2D eigenvalue weighted by Crippen LogP contribution is -2.10. The first-order chi connectivity index (χ1) is 9.58. The quantitative estimate of drug-likeness (QED) is 0.501. The highest BCUT2D eigenvalue weighted by Gasteiger charge is 2.04. The zero-order valence-corrected chi connectivity index (χ0v) is 12.9. The lowest BCUT2D eigenvalue weighted by atomic mass is 10.0. The van der Waals surface area contributed by atoms with Crippen LogP contribution in [0.2, 0.25) is 0 Å². The number of nitrogens with one attached hydrogen (secondary N) is 1. The topological polar surface area (TPSA) is 63.8 Å². The average molecular weight is 288 g/mol. The van der Waals surface area contributed by atoms with Crippen molar-refractivity contribution >= 4 is 17.6 Å². The van der Waals surface area contributed by atoms with Crippen LogP contribution in [0.4, 0.5) is 5.82 Å². The number of nitrogens with two attached hydrogens (primary N) is 1. The van der Waals surface area contributed by atoms with E-state index in [9.17, 15) is 0 Å². The Hall–Kier alpha value is -1.59. The average Bonchev–Trinajstić information content (AvgIpc) is 2.45. The highest BCUT2D eigenvalue weighted by molar-refractivity contribution is 7.98. The molecule has 0 saturated carbocycles. The van der Waals surface area contributed by atoms with Crippen LogP contribution < -0.4 is 11.3 Å². The highest BCUT2D eigenvalue weighted by atomic mass is 32.2. The van der Waals surface area contributed by atoms with Crippen LogP contribution >= 0.6 is 11.8 Å². The molecule has 20 heavy (non-hydrogen) atoms. The van der Waals surface area contributed by atoms with Crippen LogP contribution in [-0.4, -0.2) is 9.97 Å². The lowest BCUT2D eigenvalue weighted by molar-refractivity contribution is 0.865. The second-order valence-corrected chi connectivity index (χ2v) is 6.02. The molecule has 0 aliphatic carbocycles. The molecule has 2 rings (SSSR count). The minimum absolute atomic E-state index is 0.562. The predicted octanol–water partition coefficient (Wildman–Crippen LogP) is 3.49. The molecular formula is C15H20N4S. The van der Waals surface area contributed by atoms with Crippen molar-refractivity contribution in [2.75, 3.05) is 5.43 Å². The van der Waals surface area contributed by atoms with Crippen molar-refractivity contribution in [3.63, 3.8) is 0 Å². The molecule has 2 aromatic rings. The lowest BCUT2D eigenvalue weighted by Gasteiger charge is -2.07. The Labute approximate surface area is 124 Å². The van der Waals surface area contributed by atoms with E-state index in [4.69, 9.17) is 5.84 Å². The third kappa shape index (κ3) is 3.95. The summed E-state index contributed by atoms with van der Waals surface area (Å²) in [6.45, 7) is 6.34. The van der Waals surface area contributed by atoms with Crippen molar-refractivity contribution in [2.45, 2.75) is 37.3 Å². The van der Waals surface area contributed by atoms with E-state index in [2.05, 4.69) is 53.5 Å². The second-order valence-electron chi connectivity index (χ2n) is 4.97. The molecule has 0 fully saturated rings. The Bertz CT molecular complexity index is 567. The zero-order valence-electron chi connectivity index (χ0n) is 12.1. The maximum Gasteiger partial charge on any atom is 0.143 e. The van der Waals surface area contributed by atoms with Gasteiger partial charge in [0.05, 0.1) is 5.75 Å².